The number of hydrogen-bond acceptors (Lipinski definition) is 8. The summed E-state index contributed by atoms with van der Waals surface area (Å²) < 4.78 is 15.7. The lowest BCUT2D eigenvalue weighted by Gasteiger charge is -2.31. The Morgan fingerprint density at radius 3 is 2.12 bits per heavy atom. The fourth-order valence-corrected chi connectivity index (χ4v) is 5.56. The minimum Gasteiger partial charge on any atom is -0.481 e. The molecule has 0 unspecified atom stereocenters. The van der Waals surface area contributed by atoms with Crippen LogP contribution in [0.3, 0.4) is 0 Å². The van der Waals surface area contributed by atoms with Gasteiger partial charge in [0.2, 0.25) is 5.91 Å². The average molecular weight is 700 g/mol. The van der Waals surface area contributed by atoms with E-state index in [4.69, 9.17) is 14.2 Å². The third kappa shape index (κ3) is 18.5. The van der Waals surface area contributed by atoms with E-state index in [2.05, 4.69) is 24.1 Å². The topological polar surface area (TPSA) is 148 Å². The van der Waals surface area contributed by atoms with E-state index in [0.717, 1.165) is 44.1 Å². The van der Waals surface area contributed by atoms with Gasteiger partial charge < -0.3 is 29.7 Å². The molecule has 1 aromatic rings. The first kappa shape index (κ1) is 44.5. The molecular formula is C40H61NO9. The lowest BCUT2D eigenvalue weighted by Crippen LogP contribution is -2.55. The van der Waals surface area contributed by atoms with Crippen molar-refractivity contribution in [2.24, 2.45) is 5.92 Å². The third-order valence-corrected chi connectivity index (χ3v) is 8.65. The van der Waals surface area contributed by atoms with Crippen LogP contribution < -0.4 is 10.1 Å². The number of methoxy groups -OCH3 is 2. The lowest BCUT2D eigenvalue weighted by atomic mass is 9.82. The Morgan fingerprint density at radius 2 is 1.52 bits per heavy atom. The highest BCUT2D eigenvalue weighted by Gasteiger charge is 2.47. The number of amides is 1. The minimum atomic E-state index is -2.46. The molecule has 0 spiro atoms. The fraction of sp³-hybridized carbons (Fsp3) is 0.650. The van der Waals surface area contributed by atoms with Gasteiger partial charge in [-0.15, -0.1) is 5.92 Å². The Labute approximate surface area is 299 Å². The van der Waals surface area contributed by atoms with Crippen molar-refractivity contribution in [1.82, 2.24) is 5.32 Å². The van der Waals surface area contributed by atoms with E-state index < -0.39 is 29.4 Å². The standard InChI is InChI=1S/C40H61NO9/c1-5-7-9-12-15-19-33(42)20-16-13-10-11-14-17-21-35(40(47,39(45)46)27-30-49-4)38(44)41-36(37(43)22-18-28-48-3)31-32-23-25-34(26-24-32)50-29-8-6-2/h17,21,23-26,35-36,47H,5,7,9-16,18-20,22,27-31H2,1-4H3,(H,41,44)(H,45,46)/b21-17+/t35-,36+,40+/m1/s1. The van der Waals surface area contributed by atoms with Gasteiger partial charge in [-0.3, -0.25) is 14.4 Å². The van der Waals surface area contributed by atoms with Crippen molar-refractivity contribution in [3.05, 3.63) is 42.0 Å². The number of carbonyl (C=O) groups is 4. The molecule has 3 N–H and O–H groups in total. The zero-order valence-electron chi connectivity index (χ0n) is 30.8. The van der Waals surface area contributed by atoms with E-state index in [1.807, 2.05) is 0 Å². The lowest BCUT2D eigenvalue weighted by molar-refractivity contribution is -0.168. The van der Waals surface area contributed by atoms with Gasteiger partial charge in [0.15, 0.2) is 11.4 Å². The number of carboxylic acids is 1. The molecule has 0 fully saturated rings. The SMILES string of the molecule is CC#CCOc1ccc(C[C@H](NC(=O)[C@@H](/C=C/CCCCCCC(=O)CCCCCCC)[C@@](O)(CCOC)C(=O)O)C(=O)CCCOC)cc1. The number of carboxylic acid groups (broad SMARTS) is 1. The number of rotatable bonds is 30. The number of allylic oxidation sites excluding steroid dienone is 1. The molecule has 10 heteroatoms. The Kier molecular flexibility index (Phi) is 24.2. The van der Waals surface area contributed by atoms with Crippen LogP contribution in [0.2, 0.25) is 0 Å². The van der Waals surface area contributed by atoms with Crippen LogP contribution in [0.1, 0.15) is 116 Å². The summed E-state index contributed by atoms with van der Waals surface area (Å²) in [4.78, 5) is 51.7. The van der Waals surface area contributed by atoms with Crippen molar-refractivity contribution in [2.45, 2.75) is 128 Å². The van der Waals surface area contributed by atoms with Crippen molar-refractivity contribution in [1.29, 1.82) is 0 Å². The van der Waals surface area contributed by atoms with E-state index in [-0.39, 0.29) is 38.3 Å². The maximum atomic E-state index is 13.8. The van der Waals surface area contributed by atoms with Crippen LogP contribution >= 0.6 is 0 Å². The van der Waals surface area contributed by atoms with Gasteiger partial charge in [0.25, 0.3) is 0 Å². The maximum absolute atomic E-state index is 13.8. The van der Waals surface area contributed by atoms with Gasteiger partial charge in [0.1, 0.15) is 18.1 Å². The molecule has 1 amide bonds. The van der Waals surface area contributed by atoms with Crippen LogP contribution in [0, 0.1) is 17.8 Å². The number of carbonyl (C=O) groups excluding carboxylic acids is 3. The molecule has 0 aliphatic heterocycles. The smallest absolute Gasteiger partial charge is 0.336 e. The van der Waals surface area contributed by atoms with Crippen LogP contribution in [0.15, 0.2) is 36.4 Å². The first-order valence-electron chi connectivity index (χ1n) is 18.2. The molecule has 10 nitrogen and oxygen atoms in total. The second-order valence-corrected chi connectivity index (χ2v) is 12.7. The predicted molar refractivity (Wildman–Crippen MR) is 195 cm³/mol. The number of aliphatic carboxylic acids is 1. The normalized spacial score (nSPS) is 13.5. The Balaban J connectivity index is 2.98. The summed E-state index contributed by atoms with van der Waals surface area (Å²) in [6.45, 7) is 4.43. The number of hydrogen-bond donors (Lipinski definition) is 3. The summed E-state index contributed by atoms with van der Waals surface area (Å²) in [6, 6.07) is 6.14. The summed E-state index contributed by atoms with van der Waals surface area (Å²) in [5, 5.41) is 24.2. The van der Waals surface area contributed by atoms with Gasteiger partial charge in [-0.05, 0) is 63.1 Å². The first-order chi connectivity index (χ1) is 24.1. The molecule has 50 heavy (non-hydrogen) atoms. The number of nitrogens with one attached hydrogen (secondary N) is 1. The zero-order valence-corrected chi connectivity index (χ0v) is 30.8. The van der Waals surface area contributed by atoms with Gasteiger partial charge >= 0.3 is 5.97 Å². The van der Waals surface area contributed by atoms with Crippen LogP contribution in [0.25, 0.3) is 0 Å². The molecule has 0 heterocycles. The monoisotopic (exact) mass is 699 g/mol. The summed E-state index contributed by atoms with van der Waals surface area (Å²) >= 11 is 0. The van der Waals surface area contributed by atoms with E-state index in [9.17, 15) is 29.4 Å². The molecule has 0 aliphatic rings. The van der Waals surface area contributed by atoms with Gasteiger partial charge in [0, 0.05) is 53.1 Å². The molecule has 0 saturated heterocycles. The Hall–Kier alpha value is -3.52. The van der Waals surface area contributed by atoms with E-state index in [0.29, 0.717) is 43.8 Å². The first-order valence-corrected chi connectivity index (χ1v) is 18.2. The van der Waals surface area contributed by atoms with Gasteiger partial charge in [0.05, 0.1) is 12.0 Å². The van der Waals surface area contributed by atoms with Crippen LogP contribution in [-0.2, 0) is 35.1 Å². The number of Topliss-reactive ketones (excluding diaryl/α,β-unsaturated/α-hetero) is 2. The van der Waals surface area contributed by atoms with Crippen molar-refractivity contribution in [2.75, 3.05) is 34.0 Å². The number of unbranched alkanes of at least 4 members (excludes halogenated alkanes) is 8. The van der Waals surface area contributed by atoms with Crippen molar-refractivity contribution < 1.29 is 43.6 Å². The fourth-order valence-electron chi connectivity index (χ4n) is 5.56. The third-order valence-electron chi connectivity index (χ3n) is 8.65. The van der Waals surface area contributed by atoms with Crippen molar-refractivity contribution in [3.63, 3.8) is 0 Å². The quantitative estimate of drug-likeness (QED) is 0.0471. The number of benzene rings is 1. The van der Waals surface area contributed by atoms with E-state index >= 15 is 0 Å². The molecule has 0 saturated carbocycles. The highest BCUT2D eigenvalue weighted by atomic mass is 16.5. The molecule has 0 aromatic heterocycles. The largest absolute Gasteiger partial charge is 0.481 e. The number of aliphatic hydroxyl groups is 1. The van der Waals surface area contributed by atoms with Crippen LogP contribution in [0.4, 0.5) is 0 Å². The second kappa shape index (κ2) is 27.2. The summed E-state index contributed by atoms with van der Waals surface area (Å²) in [6.07, 6.45) is 14.4. The van der Waals surface area contributed by atoms with Gasteiger partial charge in [-0.2, -0.15) is 0 Å². The zero-order chi connectivity index (χ0) is 37.0. The highest BCUT2D eigenvalue weighted by molar-refractivity contribution is 5.94. The number of ether oxygens (including phenoxy) is 3. The average Bonchev–Trinajstić information content (AvgIpc) is 3.10. The van der Waals surface area contributed by atoms with Crippen LogP contribution in [0.5, 0.6) is 5.75 Å². The molecule has 0 radical (unpaired) electrons. The number of ketones is 2. The summed E-state index contributed by atoms with van der Waals surface area (Å²) in [7, 11) is 2.93. The second-order valence-electron chi connectivity index (χ2n) is 12.7. The van der Waals surface area contributed by atoms with E-state index in [1.54, 1.807) is 44.4 Å². The Morgan fingerprint density at radius 1 is 0.880 bits per heavy atom. The summed E-state index contributed by atoms with van der Waals surface area (Å²) in [5.74, 6) is 2.49. The Bertz CT molecular complexity index is 1220. The molecule has 3 atom stereocenters. The molecule has 280 valence electrons. The molecular weight excluding hydrogens is 638 g/mol. The molecule has 1 rings (SSSR count). The predicted octanol–water partition coefficient (Wildman–Crippen LogP) is 6.41. The van der Waals surface area contributed by atoms with Crippen molar-refractivity contribution in [3.8, 4) is 17.6 Å². The maximum Gasteiger partial charge on any atom is 0.336 e. The minimum absolute atomic E-state index is 0.0878. The van der Waals surface area contributed by atoms with Crippen molar-refractivity contribution >= 4 is 23.4 Å². The van der Waals surface area contributed by atoms with Gasteiger partial charge in [-0.25, -0.2) is 4.79 Å². The van der Waals surface area contributed by atoms with E-state index in [1.165, 1.54) is 32.4 Å². The van der Waals surface area contributed by atoms with Crippen LogP contribution in [-0.4, -0.2) is 79.3 Å². The van der Waals surface area contributed by atoms with Gasteiger partial charge in [-0.1, -0.05) is 75.7 Å². The highest BCUT2D eigenvalue weighted by Crippen LogP contribution is 2.26. The molecule has 0 aliphatic carbocycles. The molecule has 1 aromatic carbocycles. The molecule has 0 bridgehead atoms. The summed E-state index contributed by atoms with van der Waals surface area (Å²) in [5.41, 5.74) is -1.70.